The molecule has 2 aromatic rings. The molecule has 0 N–H and O–H groups in total. The Morgan fingerprint density at radius 3 is 2.74 bits per heavy atom. The molecule has 3 rings (SSSR count). The number of hydrogen-bond acceptors (Lipinski definition) is 3. The maximum Gasteiger partial charge on any atom is 0.242 e. The molecule has 0 saturated heterocycles. The lowest BCUT2D eigenvalue weighted by Crippen LogP contribution is -2.35. The van der Waals surface area contributed by atoms with Crippen molar-refractivity contribution in [3.05, 3.63) is 29.5 Å². The fraction of sp³-hybridized carbons (Fsp3) is 0.545. The van der Waals surface area contributed by atoms with Gasteiger partial charge < -0.3 is 14.2 Å². The standard InChI is InChI=1S/C22H30N2O3/c1-5-23(12-11-15(2)3)21(26)14-24-18-7-6-8-20(25)22(18)17-10-9-16(27-4)13-19(17)24/h9-10,13,15H,5-8,11-12,14H2,1-4H3. The van der Waals surface area contributed by atoms with Gasteiger partial charge in [0.15, 0.2) is 5.78 Å². The Morgan fingerprint density at radius 2 is 2.07 bits per heavy atom. The van der Waals surface area contributed by atoms with Crippen molar-refractivity contribution < 1.29 is 14.3 Å². The number of ether oxygens (including phenoxy) is 1. The van der Waals surface area contributed by atoms with Crippen molar-refractivity contribution in [2.24, 2.45) is 5.92 Å². The smallest absolute Gasteiger partial charge is 0.242 e. The van der Waals surface area contributed by atoms with Crippen molar-refractivity contribution in [2.75, 3.05) is 20.2 Å². The summed E-state index contributed by atoms with van der Waals surface area (Å²) in [5, 5.41) is 0.938. The molecule has 1 aromatic heterocycles. The number of benzene rings is 1. The van der Waals surface area contributed by atoms with E-state index in [9.17, 15) is 9.59 Å². The number of aromatic nitrogens is 1. The third-order valence-corrected chi connectivity index (χ3v) is 5.48. The number of methoxy groups -OCH3 is 1. The molecule has 0 atom stereocenters. The first-order valence-electron chi connectivity index (χ1n) is 9.96. The van der Waals surface area contributed by atoms with Crippen molar-refractivity contribution in [1.82, 2.24) is 9.47 Å². The van der Waals surface area contributed by atoms with Gasteiger partial charge in [0.1, 0.15) is 12.3 Å². The van der Waals surface area contributed by atoms with Gasteiger partial charge in [-0.25, -0.2) is 0 Å². The predicted octanol–water partition coefficient (Wildman–Crippen LogP) is 4.06. The normalized spacial score (nSPS) is 13.9. The summed E-state index contributed by atoms with van der Waals surface area (Å²) in [6, 6.07) is 5.78. The van der Waals surface area contributed by atoms with Gasteiger partial charge in [0.05, 0.1) is 12.6 Å². The highest BCUT2D eigenvalue weighted by Crippen LogP contribution is 2.34. The molecule has 0 radical (unpaired) electrons. The van der Waals surface area contributed by atoms with Gasteiger partial charge in [0.25, 0.3) is 0 Å². The maximum atomic E-state index is 13.0. The summed E-state index contributed by atoms with van der Waals surface area (Å²) in [5.41, 5.74) is 2.72. The van der Waals surface area contributed by atoms with E-state index in [0.717, 1.165) is 53.7 Å². The molecule has 0 bridgehead atoms. The summed E-state index contributed by atoms with van der Waals surface area (Å²) in [6.07, 6.45) is 3.26. The van der Waals surface area contributed by atoms with E-state index in [-0.39, 0.29) is 18.2 Å². The fourth-order valence-corrected chi connectivity index (χ4v) is 3.91. The Morgan fingerprint density at radius 1 is 1.30 bits per heavy atom. The summed E-state index contributed by atoms with van der Waals surface area (Å²) in [6.45, 7) is 8.12. The van der Waals surface area contributed by atoms with Gasteiger partial charge in [-0.1, -0.05) is 13.8 Å². The number of carbonyl (C=O) groups excluding carboxylic acids is 2. The van der Waals surface area contributed by atoms with Gasteiger partial charge in [-0.15, -0.1) is 0 Å². The van der Waals surface area contributed by atoms with Crippen molar-refractivity contribution >= 4 is 22.6 Å². The summed E-state index contributed by atoms with van der Waals surface area (Å²) < 4.78 is 7.43. The van der Waals surface area contributed by atoms with Crippen molar-refractivity contribution in [3.63, 3.8) is 0 Å². The maximum absolute atomic E-state index is 13.0. The van der Waals surface area contributed by atoms with Gasteiger partial charge in [-0.3, -0.25) is 9.59 Å². The minimum Gasteiger partial charge on any atom is -0.497 e. The SMILES string of the molecule is CCN(CCC(C)C)C(=O)Cn1c2c(c3ccc(OC)cc31)C(=O)CCC2. The summed E-state index contributed by atoms with van der Waals surface area (Å²) in [5.74, 6) is 1.60. The van der Waals surface area contributed by atoms with Crippen LogP contribution in [0, 0.1) is 5.92 Å². The van der Waals surface area contributed by atoms with E-state index in [1.54, 1.807) is 7.11 Å². The highest BCUT2D eigenvalue weighted by atomic mass is 16.5. The molecule has 1 aromatic carbocycles. The van der Waals surface area contributed by atoms with Crippen LogP contribution in [0.3, 0.4) is 0 Å². The number of carbonyl (C=O) groups is 2. The van der Waals surface area contributed by atoms with Crippen molar-refractivity contribution in [2.45, 2.75) is 53.0 Å². The number of ketones is 1. The third kappa shape index (κ3) is 3.87. The minimum absolute atomic E-state index is 0.110. The molecular weight excluding hydrogens is 340 g/mol. The van der Waals surface area contributed by atoms with Crippen molar-refractivity contribution in [1.29, 1.82) is 0 Å². The predicted molar refractivity (Wildman–Crippen MR) is 107 cm³/mol. The van der Waals surface area contributed by atoms with E-state index < -0.39 is 0 Å². The van der Waals surface area contributed by atoms with E-state index in [2.05, 4.69) is 13.8 Å². The Labute approximate surface area is 161 Å². The number of likely N-dealkylation sites (N-methyl/N-ethyl adjacent to an activating group) is 1. The highest BCUT2D eigenvalue weighted by molar-refractivity contribution is 6.10. The molecule has 0 fully saturated rings. The zero-order valence-corrected chi connectivity index (χ0v) is 16.9. The lowest BCUT2D eigenvalue weighted by atomic mass is 9.94. The second-order valence-corrected chi connectivity index (χ2v) is 7.72. The Kier molecular flexibility index (Phi) is 5.88. The molecule has 1 aliphatic rings. The topological polar surface area (TPSA) is 51.5 Å². The Bertz CT molecular complexity index is 851. The Hall–Kier alpha value is -2.30. The summed E-state index contributed by atoms with van der Waals surface area (Å²) in [7, 11) is 1.63. The van der Waals surface area contributed by atoms with E-state index in [1.165, 1.54) is 0 Å². The number of hydrogen-bond donors (Lipinski definition) is 0. The monoisotopic (exact) mass is 370 g/mol. The molecule has 27 heavy (non-hydrogen) atoms. The van der Waals surface area contributed by atoms with Crippen LogP contribution in [0.5, 0.6) is 5.75 Å². The lowest BCUT2D eigenvalue weighted by Gasteiger charge is -2.23. The fourth-order valence-electron chi connectivity index (χ4n) is 3.91. The molecule has 146 valence electrons. The van der Waals surface area contributed by atoms with E-state index >= 15 is 0 Å². The van der Waals surface area contributed by atoms with E-state index in [0.29, 0.717) is 18.9 Å². The quantitative estimate of drug-likeness (QED) is 0.738. The highest BCUT2D eigenvalue weighted by Gasteiger charge is 2.27. The molecule has 0 saturated carbocycles. The molecular formula is C22H30N2O3. The minimum atomic E-state index is 0.110. The number of fused-ring (bicyclic) bond motifs is 3. The Balaban J connectivity index is 2.00. The van der Waals surface area contributed by atoms with E-state index in [4.69, 9.17) is 4.74 Å². The molecule has 5 heteroatoms. The van der Waals surface area contributed by atoms with Crippen LogP contribution in [0.15, 0.2) is 18.2 Å². The number of amides is 1. The molecule has 1 heterocycles. The largest absolute Gasteiger partial charge is 0.497 e. The molecule has 5 nitrogen and oxygen atoms in total. The van der Waals surface area contributed by atoms with Gasteiger partial charge in [-0.05, 0) is 44.2 Å². The van der Waals surface area contributed by atoms with Crippen LogP contribution in [-0.4, -0.2) is 41.4 Å². The number of rotatable bonds is 7. The van der Waals surface area contributed by atoms with E-state index in [1.807, 2.05) is 34.6 Å². The van der Waals surface area contributed by atoms with Gasteiger partial charge in [0.2, 0.25) is 5.91 Å². The van der Waals surface area contributed by atoms with Crippen LogP contribution < -0.4 is 4.74 Å². The van der Waals surface area contributed by atoms with Crippen LogP contribution in [0.25, 0.3) is 10.9 Å². The first kappa shape index (κ1) is 19.5. The van der Waals surface area contributed by atoms with Gasteiger partial charge >= 0.3 is 0 Å². The first-order chi connectivity index (χ1) is 13.0. The molecule has 0 unspecified atom stereocenters. The zero-order valence-electron chi connectivity index (χ0n) is 16.9. The first-order valence-corrected chi connectivity index (χ1v) is 9.96. The van der Waals surface area contributed by atoms with Crippen LogP contribution in [0.2, 0.25) is 0 Å². The van der Waals surface area contributed by atoms with Gasteiger partial charge in [0, 0.05) is 42.2 Å². The molecule has 0 aliphatic heterocycles. The van der Waals surface area contributed by atoms with Crippen LogP contribution in [0.4, 0.5) is 0 Å². The average molecular weight is 370 g/mol. The second kappa shape index (κ2) is 8.15. The average Bonchev–Trinajstić information content (AvgIpc) is 2.96. The zero-order chi connectivity index (χ0) is 19.6. The van der Waals surface area contributed by atoms with Crippen LogP contribution >= 0.6 is 0 Å². The van der Waals surface area contributed by atoms with Crippen LogP contribution in [-0.2, 0) is 17.8 Å². The summed E-state index contributed by atoms with van der Waals surface area (Å²) in [4.78, 5) is 27.5. The third-order valence-electron chi connectivity index (χ3n) is 5.48. The number of nitrogens with zero attached hydrogens (tertiary/aromatic N) is 2. The van der Waals surface area contributed by atoms with Crippen LogP contribution in [0.1, 0.15) is 56.1 Å². The number of Topliss-reactive ketones (excluding diaryl/α,β-unsaturated/α-hetero) is 1. The molecule has 1 amide bonds. The second-order valence-electron chi connectivity index (χ2n) is 7.72. The molecule has 1 aliphatic carbocycles. The van der Waals surface area contributed by atoms with Gasteiger partial charge in [-0.2, -0.15) is 0 Å². The van der Waals surface area contributed by atoms with Crippen molar-refractivity contribution in [3.8, 4) is 5.75 Å². The lowest BCUT2D eigenvalue weighted by molar-refractivity contribution is -0.131. The summed E-state index contributed by atoms with van der Waals surface area (Å²) >= 11 is 0. The molecule has 0 spiro atoms.